The molecule has 7 nitrogen and oxygen atoms in total. The molecule has 0 saturated carbocycles. The van der Waals surface area contributed by atoms with Crippen molar-refractivity contribution >= 4 is 12.1 Å². The summed E-state index contributed by atoms with van der Waals surface area (Å²) < 4.78 is 37.0. The van der Waals surface area contributed by atoms with Crippen molar-refractivity contribution in [2.24, 2.45) is 0 Å². The van der Waals surface area contributed by atoms with Gasteiger partial charge in [-0.15, -0.1) is 0 Å². The molecule has 0 radical (unpaired) electrons. The van der Waals surface area contributed by atoms with Crippen molar-refractivity contribution in [2.75, 3.05) is 26.2 Å². The lowest BCUT2D eigenvalue weighted by atomic mass is 10.2. The highest BCUT2D eigenvalue weighted by molar-refractivity contribution is 5.73. The van der Waals surface area contributed by atoms with Crippen molar-refractivity contribution in [3.63, 3.8) is 0 Å². The minimum absolute atomic E-state index is 0.0359. The lowest BCUT2D eigenvalue weighted by molar-refractivity contribution is -0.192. The molecule has 0 aromatic carbocycles. The molecule has 1 unspecified atom stereocenters. The highest BCUT2D eigenvalue weighted by atomic mass is 19.4. The number of aliphatic hydroxyl groups excluding tert-OH is 1. The van der Waals surface area contributed by atoms with Gasteiger partial charge in [-0.25, -0.2) is 9.59 Å². The van der Waals surface area contributed by atoms with Crippen molar-refractivity contribution in [1.29, 1.82) is 0 Å². The van der Waals surface area contributed by atoms with E-state index in [-0.39, 0.29) is 18.7 Å². The van der Waals surface area contributed by atoms with Gasteiger partial charge in [0.2, 0.25) is 0 Å². The molecule has 130 valence electrons. The Morgan fingerprint density at radius 1 is 1.32 bits per heavy atom. The molecule has 3 N–H and O–H groups in total. The number of nitrogens with one attached hydrogen (secondary N) is 1. The smallest absolute Gasteiger partial charge is 0.475 e. The van der Waals surface area contributed by atoms with E-state index >= 15 is 0 Å². The number of piperazine rings is 1. The number of alkyl halides is 3. The molecule has 10 heteroatoms. The fraction of sp³-hybridized carbons (Fsp3) is 0.833. The van der Waals surface area contributed by atoms with E-state index in [0.29, 0.717) is 19.6 Å². The Morgan fingerprint density at radius 3 is 2.18 bits per heavy atom. The number of carbonyl (C=O) groups is 2. The largest absolute Gasteiger partial charge is 0.490 e. The predicted molar refractivity (Wildman–Crippen MR) is 70.4 cm³/mol. The van der Waals surface area contributed by atoms with Crippen LogP contribution >= 0.6 is 0 Å². The van der Waals surface area contributed by atoms with Crippen LogP contribution in [-0.2, 0) is 9.53 Å². The number of hydrogen-bond donors (Lipinski definition) is 3. The number of halogens is 3. The van der Waals surface area contributed by atoms with E-state index in [4.69, 9.17) is 19.7 Å². The molecule has 0 bridgehead atoms. The molecule has 1 amide bonds. The number of aliphatic hydroxyl groups is 1. The second kappa shape index (κ2) is 8.18. The third-order valence-electron chi connectivity index (χ3n) is 2.37. The summed E-state index contributed by atoms with van der Waals surface area (Å²) in [6, 6.07) is -0.0359. The van der Waals surface area contributed by atoms with Gasteiger partial charge >= 0.3 is 18.2 Å². The summed E-state index contributed by atoms with van der Waals surface area (Å²) in [6.07, 6.45) is -5.39. The van der Waals surface area contributed by atoms with E-state index < -0.39 is 17.7 Å². The van der Waals surface area contributed by atoms with Crippen LogP contribution in [0.5, 0.6) is 0 Å². The van der Waals surface area contributed by atoms with Crippen LogP contribution in [0.1, 0.15) is 20.8 Å². The Labute approximate surface area is 126 Å². The standard InChI is InChI=1S/C10H20N2O3.C2HF3O2/c1-10(2,3)15-9(14)12-5-4-11-8(6-12)7-13;3-2(4,5)1(6)7/h8,11,13H,4-7H2,1-3H3;(H,6,7). The summed E-state index contributed by atoms with van der Waals surface area (Å²) in [7, 11) is 0. The second-order valence-corrected chi connectivity index (χ2v) is 5.56. The molecular weight excluding hydrogens is 309 g/mol. The number of carboxylic acids is 1. The van der Waals surface area contributed by atoms with Gasteiger partial charge in [-0.1, -0.05) is 0 Å². The van der Waals surface area contributed by atoms with E-state index in [1.807, 2.05) is 20.8 Å². The van der Waals surface area contributed by atoms with Gasteiger partial charge in [-0.05, 0) is 20.8 Å². The number of carboxylic acid groups (broad SMARTS) is 1. The van der Waals surface area contributed by atoms with Crippen molar-refractivity contribution in [3.8, 4) is 0 Å². The third-order valence-corrected chi connectivity index (χ3v) is 2.37. The van der Waals surface area contributed by atoms with Gasteiger partial charge in [-0.3, -0.25) is 0 Å². The van der Waals surface area contributed by atoms with Crippen LogP contribution in [0.4, 0.5) is 18.0 Å². The number of amides is 1. The Hall–Kier alpha value is -1.55. The minimum atomic E-state index is -5.08. The molecular formula is C12H21F3N2O5. The fourth-order valence-corrected chi connectivity index (χ4v) is 1.44. The van der Waals surface area contributed by atoms with E-state index in [1.54, 1.807) is 4.90 Å². The Bertz CT molecular complexity index is 382. The van der Waals surface area contributed by atoms with Gasteiger partial charge in [0.1, 0.15) is 5.60 Å². The Morgan fingerprint density at radius 2 is 1.82 bits per heavy atom. The molecule has 1 fully saturated rings. The average Bonchev–Trinajstić information content (AvgIpc) is 2.36. The van der Waals surface area contributed by atoms with Gasteiger partial charge in [0, 0.05) is 25.7 Å². The zero-order valence-electron chi connectivity index (χ0n) is 12.6. The van der Waals surface area contributed by atoms with E-state index in [2.05, 4.69) is 5.32 Å². The topological polar surface area (TPSA) is 99.1 Å². The van der Waals surface area contributed by atoms with Crippen LogP contribution in [-0.4, -0.2) is 71.2 Å². The van der Waals surface area contributed by atoms with Crippen LogP contribution in [0, 0.1) is 0 Å². The molecule has 0 spiro atoms. The summed E-state index contributed by atoms with van der Waals surface area (Å²) in [5.41, 5.74) is -0.462. The SMILES string of the molecule is CC(C)(C)OC(=O)N1CCNC(CO)C1.O=C(O)C(F)(F)F. The number of hydrogen-bond acceptors (Lipinski definition) is 5. The second-order valence-electron chi connectivity index (χ2n) is 5.56. The molecule has 22 heavy (non-hydrogen) atoms. The predicted octanol–water partition coefficient (Wildman–Crippen LogP) is 0.821. The van der Waals surface area contributed by atoms with Gasteiger partial charge in [0.25, 0.3) is 0 Å². The fourth-order valence-electron chi connectivity index (χ4n) is 1.44. The molecule has 1 heterocycles. The molecule has 0 aromatic rings. The van der Waals surface area contributed by atoms with Crippen molar-refractivity contribution in [2.45, 2.75) is 38.6 Å². The highest BCUT2D eigenvalue weighted by Gasteiger charge is 2.38. The maximum Gasteiger partial charge on any atom is 0.490 e. The molecule has 1 aliphatic rings. The summed E-state index contributed by atoms with van der Waals surface area (Å²) in [4.78, 5) is 22.2. The summed E-state index contributed by atoms with van der Waals surface area (Å²) >= 11 is 0. The van der Waals surface area contributed by atoms with E-state index in [0.717, 1.165) is 0 Å². The van der Waals surface area contributed by atoms with Crippen LogP contribution in [0.25, 0.3) is 0 Å². The summed E-state index contributed by atoms with van der Waals surface area (Å²) in [5, 5.41) is 19.2. The molecule has 0 aliphatic carbocycles. The zero-order valence-corrected chi connectivity index (χ0v) is 12.6. The van der Waals surface area contributed by atoms with Crippen molar-refractivity contribution in [3.05, 3.63) is 0 Å². The lowest BCUT2D eigenvalue weighted by Gasteiger charge is -2.34. The maximum atomic E-state index is 11.7. The first-order chi connectivity index (χ1) is 9.86. The van der Waals surface area contributed by atoms with E-state index in [1.165, 1.54) is 0 Å². The Kier molecular flexibility index (Phi) is 7.60. The number of aliphatic carboxylic acids is 1. The average molecular weight is 330 g/mol. The van der Waals surface area contributed by atoms with Crippen molar-refractivity contribution in [1.82, 2.24) is 10.2 Å². The number of carbonyl (C=O) groups excluding carboxylic acids is 1. The molecule has 0 aromatic heterocycles. The maximum absolute atomic E-state index is 11.7. The number of ether oxygens (including phenoxy) is 1. The molecule has 1 atom stereocenters. The first kappa shape index (κ1) is 20.5. The number of rotatable bonds is 1. The quantitative estimate of drug-likeness (QED) is 0.658. The number of nitrogens with zero attached hydrogens (tertiary/aromatic N) is 1. The van der Waals surface area contributed by atoms with E-state index in [9.17, 15) is 18.0 Å². The van der Waals surface area contributed by atoms with Crippen LogP contribution in [0.3, 0.4) is 0 Å². The minimum Gasteiger partial charge on any atom is -0.475 e. The van der Waals surface area contributed by atoms with Gasteiger partial charge in [-0.2, -0.15) is 13.2 Å². The first-order valence-electron chi connectivity index (χ1n) is 6.49. The monoisotopic (exact) mass is 330 g/mol. The Balaban J connectivity index is 0.000000534. The van der Waals surface area contributed by atoms with Crippen molar-refractivity contribution < 1.29 is 37.7 Å². The lowest BCUT2D eigenvalue weighted by Crippen LogP contribution is -2.54. The zero-order chi connectivity index (χ0) is 17.6. The molecule has 1 aliphatic heterocycles. The highest BCUT2D eigenvalue weighted by Crippen LogP contribution is 2.13. The first-order valence-corrected chi connectivity index (χ1v) is 6.49. The van der Waals surface area contributed by atoms with Crippen LogP contribution in [0.2, 0.25) is 0 Å². The normalized spacial score (nSPS) is 19.0. The van der Waals surface area contributed by atoms with Gasteiger partial charge in [0.05, 0.1) is 6.61 Å². The molecule has 1 saturated heterocycles. The molecule has 1 rings (SSSR count). The van der Waals surface area contributed by atoms with Gasteiger partial charge < -0.3 is 25.2 Å². The third kappa shape index (κ3) is 8.67. The van der Waals surface area contributed by atoms with Crippen LogP contribution in [0.15, 0.2) is 0 Å². The van der Waals surface area contributed by atoms with Gasteiger partial charge in [0.15, 0.2) is 0 Å². The van der Waals surface area contributed by atoms with Crippen LogP contribution < -0.4 is 5.32 Å². The summed E-state index contributed by atoms with van der Waals surface area (Å²) in [5.74, 6) is -2.76. The summed E-state index contributed by atoms with van der Waals surface area (Å²) in [6.45, 7) is 7.41.